The van der Waals surface area contributed by atoms with Gasteiger partial charge in [-0.1, -0.05) is 26.2 Å². The van der Waals surface area contributed by atoms with Gasteiger partial charge in [-0.25, -0.2) is 0 Å². The minimum absolute atomic E-state index is 0.441. The second kappa shape index (κ2) is 6.99. The molecule has 0 aromatic heterocycles. The number of hydrogen-bond acceptors (Lipinski definition) is 2. The van der Waals surface area contributed by atoms with Crippen molar-refractivity contribution in [2.24, 2.45) is 5.92 Å². The summed E-state index contributed by atoms with van der Waals surface area (Å²) in [6.45, 7) is 3.85. The van der Waals surface area contributed by atoms with E-state index in [1.165, 1.54) is 19.3 Å². The summed E-state index contributed by atoms with van der Waals surface area (Å²) in [6, 6.07) is 0. The van der Waals surface area contributed by atoms with Gasteiger partial charge in [0.2, 0.25) is 0 Å². The molecule has 1 rings (SSSR count). The van der Waals surface area contributed by atoms with Crippen LogP contribution >= 0.6 is 0 Å². The summed E-state index contributed by atoms with van der Waals surface area (Å²) in [4.78, 5) is 11.5. The first-order valence-corrected chi connectivity index (χ1v) is 5.92. The van der Waals surface area contributed by atoms with Gasteiger partial charge in [-0.05, 0) is 18.8 Å². The molecular formula is C12H22O2. The van der Waals surface area contributed by atoms with E-state index in [4.69, 9.17) is 4.74 Å². The lowest BCUT2D eigenvalue weighted by atomic mass is 9.99. The van der Waals surface area contributed by atoms with Crippen molar-refractivity contribution in [3.63, 3.8) is 0 Å². The molecule has 0 saturated carbocycles. The fourth-order valence-corrected chi connectivity index (χ4v) is 1.92. The summed E-state index contributed by atoms with van der Waals surface area (Å²) >= 11 is 0. The lowest BCUT2D eigenvalue weighted by molar-refractivity contribution is -0.120. The Balaban J connectivity index is 1.98. The Labute approximate surface area is 87.0 Å². The van der Waals surface area contributed by atoms with Crippen molar-refractivity contribution in [3.8, 4) is 0 Å². The van der Waals surface area contributed by atoms with Crippen LogP contribution in [0.2, 0.25) is 0 Å². The third-order valence-corrected chi connectivity index (χ3v) is 2.85. The number of ether oxygens (including phenoxy) is 1. The van der Waals surface area contributed by atoms with Gasteiger partial charge >= 0.3 is 0 Å². The smallest absolute Gasteiger partial charge is 0.133 e. The van der Waals surface area contributed by atoms with Gasteiger partial charge in [0.25, 0.3) is 0 Å². The summed E-state index contributed by atoms with van der Waals surface area (Å²) < 4.78 is 5.25. The Morgan fingerprint density at radius 1 is 1.36 bits per heavy atom. The van der Waals surface area contributed by atoms with E-state index in [-0.39, 0.29) is 0 Å². The van der Waals surface area contributed by atoms with Crippen molar-refractivity contribution in [1.29, 1.82) is 0 Å². The van der Waals surface area contributed by atoms with Crippen LogP contribution in [0.25, 0.3) is 0 Å². The highest BCUT2D eigenvalue weighted by molar-refractivity contribution is 5.78. The minimum Gasteiger partial charge on any atom is -0.381 e. The molecule has 1 saturated heterocycles. The van der Waals surface area contributed by atoms with E-state index in [1.807, 2.05) is 0 Å². The van der Waals surface area contributed by atoms with Crippen LogP contribution in [0, 0.1) is 5.92 Å². The molecule has 1 atom stereocenters. The highest BCUT2D eigenvalue weighted by atomic mass is 16.5. The van der Waals surface area contributed by atoms with Crippen LogP contribution in [0.1, 0.15) is 51.9 Å². The van der Waals surface area contributed by atoms with Crippen molar-refractivity contribution in [1.82, 2.24) is 0 Å². The van der Waals surface area contributed by atoms with Gasteiger partial charge in [0, 0.05) is 26.1 Å². The van der Waals surface area contributed by atoms with Crippen molar-refractivity contribution in [3.05, 3.63) is 0 Å². The molecule has 1 aliphatic heterocycles. The van der Waals surface area contributed by atoms with E-state index < -0.39 is 0 Å². The topological polar surface area (TPSA) is 26.3 Å². The second-order valence-corrected chi connectivity index (χ2v) is 4.28. The largest absolute Gasteiger partial charge is 0.381 e. The SMILES string of the molecule is CCCCCCC(=O)CC1CCOC1. The van der Waals surface area contributed by atoms with E-state index in [0.29, 0.717) is 11.7 Å². The van der Waals surface area contributed by atoms with Gasteiger partial charge in [-0.15, -0.1) is 0 Å². The molecule has 0 aromatic carbocycles. The van der Waals surface area contributed by atoms with Crippen molar-refractivity contribution in [2.45, 2.75) is 51.9 Å². The number of carbonyl (C=O) groups excluding carboxylic acids is 1. The van der Waals surface area contributed by atoms with Gasteiger partial charge in [0.1, 0.15) is 5.78 Å². The summed E-state index contributed by atoms with van der Waals surface area (Å²) in [5.74, 6) is 0.963. The first-order valence-electron chi connectivity index (χ1n) is 5.92. The molecule has 2 nitrogen and oxygen atoms in total. The van der Waals surface area contributed by atoms with E-state index >= 15 is 0 Å². The monoisotopic (exact) mass is 198 g/mol. The number of rotatable bonds is 7. The lowest BCUT2D eigenvalue weighted by Crippen LogP contribution is -2.08. The van der Waals surface area contributed by atoms with E-state index in [0.717, 1.165) is 38.9 Å². The number of Topliss-reactive ketones (excluding diaryl/α,β-unsaturated/α-hetero) is 1. The number of unbranched alkanes of at least 4 members (excludes halogenated alkanes) is 3. The fourth-order valence-electron chi connectivity index (χ4n) is 1.92. The number of ketones is 1. The van der Waals surface area contributed by atoms with Crippen LogP contribution < -0.4 is 0 Å². The zero-order chi connectivity index (χ0) is 10.2. The normalized spacial score (nSPS) is 21.4. The maximum absolute atomic E-state index is 11.5. The quantitative estimate of drug-likeness (QED) is 0.588. The molecule has 0 amide bonds. The van der Waals surface area contributed by atoms with Gasteiger partial charge < -0.3 is 4.74 Å². The Bertz CT molecular complexity index is 160. The summed E-state index contributed by atoms with van der Waals surface area (Å²) in [6.07, 6.45) is 7.43. The molecule has 0 aliphatic carbocycles. The number of hydrogen-bond donors (Lipinski definition) is 0. The highest BCUT2D eigenvalue weighted by Gasteiger charge is 2.18. The van der Waals surface area contributed by atoms with Gasteiger partial charge in [0.05, 0.1) is 0 Å². The molecule has 1 unspecified atom stereocenters. The van der Waals surface area contributed by atoms with Gasteiger partial charge in [0.15, 0.2) is 0 Å². The average Bonchev–Trinajstić information content (AvgIpc) is 2.65. The van der Waals surface area contributed by atoms with Crippen LogP contribution in [0.15, 0.2) is 0 Å². The zero-order valence-corrected chi connectivity index (χ0v) is 9.26. The predicted octanol–water partition coefficient (Wildman–Crippen LogP) is 2.95. The van der Waals surface area contributed by atoms with Crippen LogP contribution in [0.5, 0.6) is 0 Å². The lowest BCUT2D eigenvalue weighted by Gasteiger charge is -2.05. The maximum atomic E-state index is 11.5. The third-order valence-electron chi connectivity index (χ3n) is 2.85. The standard InChI is InChI=1S/C12H22O2/c1-2-3-4-5-6-12(13)9-11-7-8-14-10-11/h11H,2-10H2,1H3. The van der Waals surface area contributed by atoms with Crippen LogP contribution in [-0.2, 0) is 9.53 Å². The van der Waals surface area contributed by atoms with Crippen molar-refractivity contribution >= 4 is 5.78 Å². The number of carbonyl (C=O) groups is 1. The van der Waals surface area contributed by atoms with Gasteiger partial charge in [-0.3, -0.25) is 4.79 Å². The highest BCUT2D eigenvalue weighted by Crippen LogP contribution is 2.18. The molecule has 0 bridgehead atoms. The molecule has 82 valence electrons. The first kappa shape index (κ1) is 11.7. The Morgan fingerprint density at radius 2 is 2.21 bits per heavy atom. The van der Waals surface area contributed by atoms with Crippen LogP contribution in [-0.4, -0.2) is 19.0 Å². The Morgan fingerprint density at radius 3 is 2.86 bits per heavy atom. The molecule has 0 N–H and O–H groups in total. The molecule has 0 spiro atoms. The van der Waals surface area contributed by atoms with Gasteiger partial charge in [-0.2, -0.15) is 0 Å². The molecular weight excluding hydrogens is 176 g/mol. The van der Waals surface area contributed by atoms with E-state index in [1.54, 1.807) is 0 Å². The van der Waals surface area contributed by atoms with E-state index in [2.05, 4.69) is 6.92 Å². The predicted molar refractivity (Wildman–Crippen MR) is 57.3 cm³/mol. The van der Waals surface area contributed by atoms with Crippen LogP contribution in [0.4, 0.5) is 0 Å². The molecule has 2 heteroatoms. The minimum atomic E-state index is 0.441. The Hall–Kier alpha value is -0.370. The molecule has 1 heterocycles. The average molecular weight is 198 g/mol. The summed E-state index contributed by atoms with van der Waals surface area (Å²) in [5.41, 5.74) is 0. The maximum Gasteiger partial charge on any atom is 0.133 e. The zero-order valence-electron chi connectivity index (χ0n) is 9.26. The summed E-state index contributed by atoms with van der Waals surface area (Å²) in [5, 5.41) is 0. The molecule has 0 aromatic rings. The Kier molecular flexibility index (Phi) is 5.85. The van der Waals surface area contributed by atoms with E-state index in [9.17, 15) is 4.79 Å². The molecule has 0 radical (unpaired) electrons. The van der Waals surface area contributed by atoms with Crippen molar-refractivity contribution < 1.29 is 9.53 Å². The molecule has 1 aliphatic rings. The third kappa shape index (κ3) is 4.75. The summed E-state index contributed by atoms with van der Waals surface area (Å²) in [7, 11) is 0. The van der Waals surface area contributed by atoms with Crippen molar-refractivity contribution in [2.75, 3.05) is 13.2 Å². The first-order chi connectivity index (χ1) is 6.83. The molecule has 1 fully saturated rings. The second-order valence-electron chi connectivity index (χ2n) is 4.28. The molecule has 14 heavy (non-hydrogen) atoms. The fraction of sp³-hybridized carbons (Fsp3) is 0.917. The van der Waals surface area contributed by atoms with Crippen LogP contribution in [0.3, 0.4) is 0 Å².